The van der Waals surface area contributed by atoms with Crippen LogP contribution in [0.4, 0.5) is 0 Å². The quantitative estimate of drug-likeness (QED) is 0.165. The van der Waals surface area contributed by atoms with E-state index in [9.17, 15) is 9.59 Å². The van der Waals surface area contributed by atoms with Crippen LogP contribution in [0.2, 0.25) is 10.0 Å². The summed E-state index contributed by atoms with van der Waals surface area (Å²) in [4.78, 5) is 25.1. The number of esters is 1. The highest BCUT2D eigenvalue weighted by Crippen LogP contribution is 2.38. The molecule has 0 saturated heterocycles. The molecule has 0 amide bonds. The summed E-state index contributed by atoms with van der Waals surface area (Å²) in [5.74, 6) is 0.450. The summed E-state index contributed by atoms with van der Waals surface area (Å²) in [6, 6.07) is 14.2. The van der Waals surface area contributed by atoms with E-state index in [-0.39, 0.29) is 17.1 Å². The van der Waals surface area contributed by atoms with Crippen LogP contribution >= 0.6 is 23.2 Å². The number of ketones is 1. The molecule has 0 unspecified atom stereocenters. The summed E-state index contributed by atoms with van der Waals surface area (Å²) in [6.45, 7) is 0. The molecule has 0 radical (unpaired) electrons. The first-order valence-corrected chi connectivity index (χ1v) is 10.4. The molecule has 0 aliphatic rings. The first-order chi connectivity index (χ1) is 15.9. The fourth-order valence-corrected chi connectivity index (χ4v) is 3.42. The molecule has 0 bridgehead atoms. The van der Waals surface area contributed by atoms with E-state index >= 15 is 0 Å². The van der Waals surface area contributed by atoms with Crippen LogP contribution in [0.25, 0.3) is 6.08 Å². The second-order valence-corrected chi connectivity index (χ2v) is 7.53. The van der Waals surface area contributed by atoms with Crippen molar-refractivity contribution < 1.29 is 28.5 Å². The van der Waals surface area contributed by atoms with Gasteiger partial charge < -0.3 is 18.9 Å². The zero-order chi connectivity index (χ0) is 24.0. The van der Waals surface area contributed by atoms with Crippen LogP contribution in [0.15, 0.2) is 60.7 Å². The number of carbonyl (C=O) groups is 2. The van der Waals surface area contributed by atoms with Crippen molar-refractivity contribution in [3.63, 3.8) is 0 Å². The lowest BCUT2D eigenvalue weighted by Crippen LogP contribution is -2.10. The van der Waals surface area contributed by atoms with Gasteiger partial charge >= 0.3 is 5.97 Å². The Morgan fingerprint density at radius 3 is 1.97 bits per heavy atom. The fraction of sp³-hybridized carbons (Fsp3) is 0.120. The predicted molar refractivity (Wildman–Crippen MR) is 127 cm³/mol. The molecule has 3 aromatic rings. The standard InChI is InChI=1S/C25H20Cl2O6/c1-30-22-12-17(13-23(31-2)24(22)32-3)25(29)33-19-9-5-16(6-10-19)21(28)11-7-15-4-8-18(26)14-20(15)27/h4-14H,1-3H3. The Balaban J connectivity index is 1.72. The van der Waals surface area contributed by atoms with E-state index in [0.29, 0.717) is 38.4 Å². The molecule has 0 atom stereocenters. The molecular weight excluding hydrogens is 467 g/mol. The maximum atomic E-state index is 12.6. The molecule has 0 N–H and O–H groups in total. The van der Waals surface area contributed by atoms with E-state index in [1.165, 1.54) is 51.7 Å². The van der Waals surface area contributed by atoms with Gasteiger partial charge in [0.1, 0.15) is 5.75 Å². The summed E-state index contributed by atoms with van der Waals surface area (Å²) >= 11 is 12.0. The van der Waals surface area contributed by atoms with Crippen molar-refractivity contribution >= 4 is 41.0 Å². The third-order valence-corrected chi connectivity index (χ3v) is 5.19. The zero-order valence-electron chi connectivity index (χ0n) is 18.1. The van der Waals surface area contributed by atoms with Crippen LogP contribution in [0.1, 0.15) is 26.3 Å². The number of methoxy groups -OCH3 is 3. The zero-order valence-corrected chi connectivity index (χ0v) is 19.6. The summed E-state index contributed by atoms with van der Waals surface area (Å²) in [5.41, 5.74) is 1.31. The van der Waals surface area contributed by atoms with Gasteiger partial charge in [-0.3, -0.25) is 4.79 Å². The minimum absolute atomic E-state index is 0.215. The summed E-state index contributed by atoms with van der Waals surface area (Å²) in [6.07, 6.45) is 3.02. The molecule has 3 rings (SSSR count). The Hall–Kier alpha value is -3.48. The first-order valence-electron chi connectivity index (χ1n) is 9.66. The van der Waals surface area contributed by atoms with E-state index in [1.807, 2.05) is 0 Å². The smallest absolute Gasteiger partial charge is 0.343 e. The lowest BCUT2D eigenvalue weighted by atomic mass is 10.1. The van der Waals surface area contributed by atoms with Crippen molar-refractivity contribution in [3.05, 3.63) is 87.4 Å². The van der Waals surface area contributed by atoms with Gasteiger partial charge in [0.25, 0.3) is 0 Å². The number of hydrogen-bond acceptors (Lipinski definition) is 6. The number of carbonyl (C=O) groups excluding carboxylic acids is 2. The number of halogens is 2. The van der Waals surface area contributed by atoms with E-state index in [4.69, 9.17) is 42.1 Å². The van der Waals surface area contributed by atoms with Crippen LogP contribution in [-0.2, 0) is 0 Å². The first kappa shape index (κ1) is 24.2. The minimum atomic E-state index is -0.620. The van der Waals surface area contributed by atoms with E-state index in [2.05, 4.69) is 0 Å². The molecule has 0 saturated carbocycles. The van der Waals surface area contributed by atoms with Crippen LogP contribution in [0.3, 0.4) is 0 Å². The molecule has 170 valence electrons. The van der Waals surface area contributed by atoms with Gasteiger partial charge in [-0.05, 0) is 66.2 Å². The second kappa shape index (κ2) is 10.9. The third-order valence-electron chi connectivity index (χ3n) is 4.63. The van der Waals surface area contributed by atoms with Gasteiger partial charge in [-0.25, -0.2) is 4.79 Å². The largest absolute Gasteiger partial charge is 0.493 e. The molecule has 0 fully saturated rings. The van der Waals surface area contributed by atoms with Crippen LogP contribution in [-0.4, -0.2) is 33.1 Å². The highest BCUT2D eigenvalue weighted by Gasteiger charge is 2.18. The molecule has 6 nitrogen and oxygen atoms in total. The number of allylic oxidation sites excluding steroid dienone is 1. The van der Waals surface area contributed by atoms with Gasteiger partial charge in [-0.1, -0.05) is 29.3 Å². The molecule has 0 aromatic heterocycles. The van der Waals surface area contributed by atoms with E-state index < -0.39 is 5.97 Å². The molecule has 3 aromatic carbocycles. The van der Waals surface area contributed by atoms with Crippen LogP contribution in [0, 0.1) is 0 Å². The molecule has 0 aliphatic carbocycles. The number of rotatable bonds is 8. The van der Waals surface area contributed by atoms with Crippen LogP contribution in [0.5, 0.6) is 23.0 Å². The Labute approximate surface area is 201 Å². The van der Waals surface area contributed by atoms with Gasteiger partial charge in [-0.2, -0.15) is 0 Å². The van der Waals surface area contributed by atoms with Crippen LogP contribution < -0.4 is 18.9 Å². The second-order valence-electron chi connectivity index (χ2n) is 6.69. The van der Waals surface area contributed by atoms with Crippen molar-refractivity contribution in [2.24, 2.45) is 0 Å². The average molecular weight is 487 g/mol. The molecule has 0 heterocycles. The lowest BCUT2D eigenvalue weighted by molar-refractivity contribution is 0.0733. The van der Waals surface area contributed by atoms with Gasteiger partial charge in [-0.15, -0.1) is 0 Å². The minimum Gasteiger partial charge on any atom is -0.493 e. The summed E-state index contributed by atoms with van der Waals surface area (Å²) in [5, 5.41) is 0.959. The maximum Gasteiger partial charge on any atom is 0.343 e. The fourth-order valence-electron chi connectivity index (χ4n) is 2.95. The van der Waals surface area contributed by atoms with Gasteiger partial charge in [0, 0.05) is 15.6 Å². The van der Waals surface area contributed by atoms with Gasteiger partial charge in [0.05, 0.1) is 26.9 Å². The topological polar surface area (TPSA) is 71.1 Å². The van der Waals surface area contributed by atoms with E-state index in [0.717, 1.165) is 0 Å². The Morgan fingerprint density at radius 2 is 1.42 bits per heavy atom. The molecule has 33 heavy (non-hydrogen) atoms. The van der Waals surface area contributed by atoms with Crippen molar-refractivity contribution in [1.82, 2.24) is 0 Å². The number of ether oxygens (including phenoxy) is 4. The van der Waals surface area contributed by atoms with Crippen molar-refractivity contribution in [2.45, 2.75) is 0 Å². The van der Waals surface area contributed by atoms with Crippen molar-refractivity contribution in [2.75, 3.05) is 21.3 Å². The SMILES string of the molecule is COc1cc(C(=O)Oc2ccc(C(=O)C=Cc3ccc(Cl)cc3Cl)cc2)cc(OC)c1OC. The Kier molecular flexibility index (Phi) is 7.98. The normalized spacial score (nSPS) is 10.7. The van der Waals surface area contributed by atoms with Crippen molar-refractivity contribution in [3.8, 4) is 23.0 Å². The monoisotopic (exact) mass is 486 g/mol. The molecule has 0 spiro atoms. The Bertz CT molecular complexity index is 1180. The van der Waals surface area contributed by atoms with E-state index in [1.54, 1.807) is 36.4 Å². The Morgan fingerprint density at radius 1 is 0.788 bits per heavy atom. The van der Waals surface area contributed by atoms with Crippen molar-refractivity contribution in [1.29, 1.82) is 0 Å². The highest BCUT2D eigenvalue weighted by atomic mass is 35.5. The maximum absolute atomic E-state index is 12.6. The predicted octanol–water partition coefficient (Wildman–Crippen LogP) is 6.13. The third kappa shape index (κ3) is 5.86. The summed E-state index contributed by atoms with van der Waals surface area (Å²) < 4.78 is 21.2. The molecular formula is C25H20Cl2O6. The lowest BCUT2D eigenvalue weighted by Gasteiger charge is -2.13. The number of hydrogen-bond donors (Lipinski definition) is 0. The van der Waals surface area contributed by atoms with Gasteiger partial charge in [0.2, 0.25) is 5.75 Å². The van der Waals surface area contributed by atoms with Gasteiger partial charge in [0.15, 0.2) is 17.3 Å². The average Bonchev–Trinajstić information content (AvgIpc) is 2.82. The number of benzene rings is 3. The summed E-state index contributed by atoms with van der Waals surface area (Å²) in [7, 11) is 4.38. The highest BCUT2D eigenvalue weighted by molar-refractivity contribution is 6.35. The molecule has 0 aliphatic heterocycles. The molecule has 8 heteroatoms.